The smallest absolute Gasteiger partial charge is 0.346 e. The van der Waals surface area contributed by atoms with E-state index >= 15 is 0 Å². The fourth-order valence-electron chi connectivity index (χ4n) is 0.818. The van der Waals surface area contributed by atoms with Gasteiger partial charge in [0.15, 0.2) is 0 Å². The predicted molar refractivity (Wildman–Crippen MR) is 47.1 cm³/mol. The highest BCUT2D eigenvalue weighted by molar-refractivity contribution is 5.90. The van der Waals surface area contributed by atoms with Gasteiger partial charge in [-0.1, -0.05) is 6.08 Å². The molecule has 0 heterocycles. The summed E-state index contributed by atoms with van der Waals surface area (Å²) in [5.74, 6) is -1.16. The summed E-state index contributed by atoms with van der Waals surface area (Å²) in [6.07, 6.45) is 3.77. The minimum Gasteiger partial charge on any atom is -0.477 e. The number of rotatable bonds is 6. The van der Waals surface area contributed by atoms with Crippen molar-refractivity contribution < 1.29 is 14.6 Å². The van der Waals surface area contributed by atoms with Crippen LogP contribution in [0.15, 0.2) is 11.6 Å². The van der Waals surface area contributed by atoms with Crippen LogP contribution in [0.4, 0.5) is 0 Å². The van der Waals surface area contributed by atoms with Crippen LogP contribution < -0.4 is 0 Å². The number of carboxylic acid groups (broad SMARTS) is 1. The molecule has 0 aliphatic rings. The lowest BCUT2D eigenvalue weighted by Gasteiger charge is -1.95. The standard InChI is InChI=1S/C9H13NO3/c1-13-6-4-2-3-5-8(7-10)9(11)12/h5H,2-4,6H2,1H3,(H,11,12). The SMILES string of the molecule is COCCCCC=C(C#N)C(=O)O. The van der Waals surface area contributed by atoms with Gasteiger partial charge in [-0.05, 0) is 19.3 Å². The number of allylic oxidation sites excluding steroid dienone is 1. The number of carbonyl (C=O) groups is 1. The molecule has 0 fully saturated rings. The van der Waals surface area contributed by atoms with Crippen molar-refractivity contribution in [1.82, 2.24) is 0 Å². The Balaban J connectivity index is 3.70. The molecule has 0 bridgehead atoms. The van der Waals surface area contributed by atoms with Crippen LogP contribution in [0.1, 0.15) is 19.3 Å². The van der Waals surface area contributed by atoms with E-state index in [1.807, 2.05) is 0 Å². The van der Waals surface area contributed by atoms with Crippen molar-refractivity contribution in [2.45, 2.75) is 19.3 Å². The molecule has 0 amide bonds. The number of nitriles is 1. The van der Waals surface area contributed by atoms with Gasteiger partial charge in [-0.2, -0.15) is 5.26 Å². The van der Waals surface area contributed by atoms with Gasteiger partial charge in [0.2, 0.25) is 0 Å². The molecule has 0 radical (unpaired) electrons. The van der Waals surface area contributed by atoms with Crippen LogP contribution >= 0.6 is 0 Å². The number of aliphatic carboxylic acids is 1. The van der Waals surface area contributed by atoms with E-state index in [9.17, 15) is 4.79 Å². The Kier molecular flexibility index (Phi) is 6.56. The van der Waals surface area contributed by atoms with E-state index in [-0.39, 0.29) is 5.57 Å². The average molecular weight is 183 g/mol. The van der Waals surface area contributed by atoms with Crippen LogP contribution in [0.25, 0.3) is 0 Å². The molecule has 0 aliphatic heterocycles. The molecule has 0 aliphatic carbocycles. The van der Waals surface area contributed by atoms with Crippen molar-refractivity contribution >= 4 is 5.97 Å². The van der Waals surface area contributed by atoms with Crippen LogP contribution in [0, 0.1) is 11.3 Å². The van der Waals surface area contributed by atoms with E-state index in [4.69, 9.17) is 15.1 Å². The fraction of sp³-hybridized carbons (Fsp3) is 0.556. The predicted octanol–water partition coefficient (Wildman–Crippen LogP) is 1.34. The molecule has 72 valence electrons. The van der Waals surface area contributed by atoms with Crippen molar-refractivity contribution in [1.29, 1.82) is 5.26 Å². The number of carboxylic acids is 1. The zero-order valence-corrected chi connectivity index (χ0v) is 7.62. The van der Waals surface area contributed by atoms with Gasteiger partial charge in [-0.15, -0.1) is 0 Å². The molecule has 0 unspecified atom stereocenters. The molecule has 0 spiro atoms. The average Bonchev–Trinajstić information content (AvgIpc) is 2.10. The second-order valence-corrected chi connectivity index (χ2v) is 2.52. The third-order valence-corrected chi connectivity index (χ3v) is 1.50. The summed E-state index contributed by atoms with van der Waals surface area (Å²) >= 11 is 0. The van der Waals surface area contributed by atoms with Crippen LogP contribution in [-0.4, -0.2) is 24.8 Å². The summed E-state index contributed by atoms with van der Waals surface area (Å²) in [7, 11) is 1.62. The first-order valence-electron chi connectivity index (χ1n) is 4.05. The highest BCUT2D eigenvalue weighted by Gasteiger charge is 2.03. The lowest BCUT2D eigenvalue weighted by molar-refractivity contribution is -0.132. The molecule has 0 atom stereocenters. The van der Waals surface area contributed by atoms with Crippen molar-refractivity contribution in [3.8, 4) is 6.07 Å². The Labute approximate surface area is 77.4 Å². The van der Waals surface area contributed by atoms with Gasteiger partial charge in [0, 0.05) is 13.7 Å². The summed E-state index contributed by atoms with van der Waals surface area (Å²) in [4.78, 5) is 10.3. The largest absolute Gasteiger partial charge is 0.477 e. The van der Waals surface area contributed by atoms with Crippen molar-refractivity contribution in [2.24, 2.45) is 0 Å². The third-order valence-electron chi connectivity index (χ3n) is 1.50. The molecule has 1 N–H and O–H groups in total. The third kappa shape index (κ3) is 5.88. The van der Waals surface area contributed by atoms with Gasteiger partial charge < -0.3 is 9.84 Å². The molecule has 4 heteroatoms. The maximum atomic E-state index is 10.3. The van der Waals surface area contributed by atoms with Gasteiger partial charge in [0.05, 0.1) is 0 Å². The summed E-state index contributed by atoms with van der Waals surface area (Å²) < 4.78 is 4.82. The second kappa shape index (κ2) is 7.32. The van der Waals surface area contributed by atoms with Crippen molar-refractivity contribution in [3.05, 3.63) is 11.6 Å². The molecule has 0 saturated heterocycles. The molecule has 0 rings (SSSR count). The lowest BCUT2D eigenvalue weighted by Crippen LogP contribution is -1.97. The number of nitrogens with zero attached hydrogens (tertiary/aromatic N) is 1. The fourth-order valence-corrected chi connectivity index (χ4v) is 0.818. The molecule has 0 aromatic heterocycles. The van der Waals surface area contributed by atoms with E-state index in [2.05, 4.69) is 0 Å². The van der Waals surface area contributed by atoms with Crippen molar-refractivity contribution in [3.63, 3.8) is 0 Å². The molecule has 0 aromatic rings. The molecule has 13 heavy (non-hydrogen) atoms. The Morgan fingerprint density at radius 1 is 1.62 bits per heavy atom. The minimum absolute atomic E-state index is 0.183. The van der Waals surface area contributed by atoms with Crippen LogP contribution in [-0.2, 0) is 9.53 Å². The number of ether oxygens (including phenoxy) is 1. The number of hydrogen-bond acceptors (Lipinski definition) is 3. The summed E-state index contributed by atoms with van der Waals surface area (Å²) in [5.41, 5.74) is -0.183. The maximum Gasteiger partial charge on any atom is 0.346 e. The van der Waals surface area contributed by atoms with E-state index < -0.39 is 5.97 Å². The zero-order chi connectivity index (χ0) is 10.1. The zero-order valence-electron chi connectivity index (χ0n) is 7.62. The van der Waals surface area contributed by atoms with Gasteiger partial charge in [0.1, 0.15) is 11.6 Å². The molecule has 4 nitrogen and oxygen atoms in total. The quantitative estimate of drug-likeness (QED) is 0.383. The van der Waals surface area contributed by atoms with E-state index in [1.54, 1.807) is 13.2 Å². The molecular weight excluding hydrogens is 170 g/mol. The summed E-state index contributed by atoms with van der Waals surface area (Å²) in [5, 5.41) is 16.8. The van der Waals surface area contributed by atoms with Gasteiger partial charge in [-0.25, -0.2) is 4.79 Å². The van der Waals surface area contributed by atoms with E-state index in [1.165, 1.54) is 6.08 Å². The van der Waals surface area contributed by atoms with Crippen molar-refractivity contribution in [2.75, 3.05) is 13.7 Å². The van der Waals surface area contributed by atoms with Crippen LogP contribution in [0.3, 0.4) is 0 Å². The topological polar surface area (TPSA) is 70.3 Å². The van der Waals surface area contributed by atoms with E-state index in [0.29, 0.717) is 13.0 Å². The van der Waals surface area contributed by atoms with E-state index in [0.717, 1.165) is 12.8 Å². The summed E-state index contributed by atoms with van der Waals surface area (Å²) in [6, 6.07) is 1.62. The number of unbranched alkanes of at least 4 members (excludes halogenated alkanes) is 2. The Bertz CT molecular complexity index is 228. The number of hydrogen-bond donors (Lipinski definition) is 1. The Morgan fingerprint density at radius 2 is 2.31 bits per heavy atom. The normalized spacial score (nSPS) is 10.9. The lowest BCUT2D eigenvalue weighted by atomic mass is 10.2. The van der Waals surface area contributed by atoms with Gasteiger partial charge in [0.25, 0.3) is 0 Å². The Hall–Kier alpha value is -1.34. The molecule has 0 saturated carbocycles. The molecular formula is C9H13NO3. The molecule has 0 aromatic carbocycles. The monoisotopic (exact) mass is 183 g/mol. The van der Waals surface area contributed by atoms with Crippen LogP contribution in [0.5, 0.6) is 0 Å². The highest BCUT2D eigenvalue weighted by atomic mass is 16.5. The first-order valence-corrected chi connectivity index (χ1v) is 4.05. The maximum absolute atomic E-state index is 10.3. The first-order chi connectivity index (χ1) is 6.22. The first kappa shape index (κ1) is 11.7. The minimum atomic E-state index is -1.16. The number of methoxy groups -OCH3 is 1. The second-order valence-electron chi connectivity index (χ2n) is 2.52. The summed E-state index contributed by atoms with van der Waals surface area (Å²) in [6.45, 7) is 0.669. The van der Waals surface area contributed by atoms with Crippen LogP contribution in [0.2, 0.25) is 0 Å². The highest BCUT2D eigenvalue weighted by Crippen LogP contribution is 2.01. The van der Waals surface area contributed by atoms with Gasteiger partial charge in [-0.3, -0.25) is 0 Å². The Morgan fingerprint density at radius 3 is 2.77 bits per heavy atom. The van der Waals surface area contributed by atoms with Gasteiger partial charge >= 0.3 is 5.97 Å².